The predicted molar refractivity (Wildman–Crippen MR) is 123 cm³/mol. The van der Waals surface area contributed by atoms with E-state index in [0.29, 0.717) is 5.57 Å². The van der Waals surface area contributed by atoms with E-state index in [9.17, 15) is 24.6 Å². The number of likely N-dealkylation sites (tertiary alicyclic amines) is 1. The molecule has 0 bridgehead atoms. The van der Waals surface area contributed by atoms with Crippen LogP contribution in [0.4, 0.5) is 4.79 Å². The number of aliphatic carboxylic acids is 2. The molecule has 7 nitrogen and oxygen atoms in total. The highest BCUT2D eigenvalue weighted by atomic mass is 16.6. The van der Waals surface area contributed by atoms with Gasteiger partial charge in [-0.15, -0.1) is 0 Å². The molecule has 2 aromatic rings. The van der Waals surface area contributed by atoms with Crippen LogP contribution in [-0.2, 0) is 27.4 Å². The van der Waals surface area contributed by atoms with Crippen molar-refractivity contribution in [1.82, 2.24) is 4.90 Å². The third-order valence-electron chi connectivity index (χ3n) is 6.07. The normalized spacial score (nSPS) is 19.8. The molecule has 0 saturated carbocycles. The number of rotatable bonds is 9. The maximum Gasteiger partial charge on any atom is 0.410 e. The Kier molecular flexibility index (Phi) is 7.87. The van der Waals surface area contributed by atoms with E-state index in [0.717, 1.165) is 28.9 Å². The number of hydrogen-bond acceptors (Lipinski definition) is 4. The average molecular weight is 452 g/mol. The molecular formula is C26H29NO6. The van der Waals surface area contributed by atoms with E-state index >= 15 is 0 Å². The average Bonchev–Trinajstić information content (AvgIpc) is 3.17. The number of amides is 1. The molecule has 0 unspecified atom stereocenters. The van der Waals surface area contributed by atoms with Crippen molar-refractivity contribution in [2.24, 2.45) is 11.8 Å². The highest BCUT2D eigenvalue weighted by Crippen LogP contribution is 2.40. The number of carboxylic acid groups (broad SMARTS) is 2. The maximum atomic E-state index is 12.8. The van der Waals surface area contributed by atoms with Crippen LogP contribution in [0, 0.1) is 11.8 Å². The Morgan fingerprint density at radius 1 is 1.03 bits per heavy atom. The van der Waals surface area contributed by atoms with Crippen molar-refractivity contribution in [3.8, 4) is 0 Å². The van der Waals surface area contributed by atoms with Gasteiger partial charge in [-0.1, -0.05) is 74.5 Å². The molecule has 2 N–H and O–H groups in total. The summed E-state index contributed by atoms with van der Waals surface area (Å²) in [6, 6.07) is 15.6. The van der Waals surface area contributed by atoms with Gasteiger partial charge in [0.15, 0.2) is 0 Å². The maximum absolute atomic E-state index is 12.8. The molecule has 0 aliphatic carbocycles. The summed E-state index contributed by atoms with van der Waals surface area (Å²) in [5, 5.41) is 19.4. The first-order valence-electron chi connectivity index (χ1n) is 11.0. The number of carbonyl (C=O) groups is 3. The fourth-order valence-electron chi connectivity index (χ4n) is 4.43. The van der Waals surface area contributed by atoms with Crippen molar-refractivity contribution in [2.75, 3.05) is 6.54 Å². The molecule has 33 heavy (non-hydrogen) atoms. The summed E-state index contributed by atoms with van der Waals surface area (Å²) in [5.74, 6) is -3.73. The first-order valence-corrected chi connectivity index (χ1v) is 11.0. The van der Waals surface area contributed by atoms with Crippen LogP contribution in [0.5, 0.6) is 0 Å². The lowest BCUT2D eigenvalue weighted by atomic mass is 9.80. The molecule has 3 rings (SSSR count). The molecule has 2 aromatic carbocycles. The summed E-state index contributed by atoms with van der Waals surface area (Å²) in [4.78, 5) is 37.7. The number of ether oxygens (including phenoxy) is 1. The van der Waals surface area contributed by atoms with Crippen molar-refractivity contribution in [1.29, 1.82) is 0 Å². The van der Waals surface area contributed by atoms with E-state index < -0.39 is 42.3 Å². The van der Waals surface area contributed by atoms with Gasteiger partial charge in [0.1, 0.15) is 12.6 Å². The second kappa shape index (κ2) is 10.8. The van der Waals surface area contributed by atoms with Crippen LogP contribution in [-0.4, -0.2) is 45.7 Å². The topological polar surface area (TPSA) is 104 Å². The molecule has 7 heteroatoms. The quantitative estimate of drug-likeness (QED) is 0.583. The summed E-state index contributed by atoms with van der Waals surface area (Å²) in [6.07, 6.45) is 0.788. The second-order valence-corrected chi connectivity index (χ2v) is 8.32. The molecule has 174 valence electrons. The minimum absolute atomic E-state index is 0.00336. The van der Waals surface area contributed by atoms with E-state index in [1.807, 2.05) is 42.5 Å². The minimum Gasteiger partial charge on any atom is -0.481 e. The van der Waals surface area contributed by atoms with Crippen molar-refractivity contribution in [3.05, 3.63) is 77.9 Å². The van der Waals surface area contributed by atoms with Crippen molar-refractivity contribution in [2.45, 2.75) is 38.8 Å². The standard InChI is InChI=1S/C26H29NO6/c1-3-7-18-10-12-20(13-11-18)17(2)22-15-27(24(25(30)31)21(22)14-23(28)29)26(32)33-16-19-8-5-4-6-9-19/h4-6,8-13,21-22,24H,2-3,7,14-16H2,1H3,(H,28,29)(H,30,31)/t21-,22+,24-/m0/s1. The molecule has 3 atom stereocenters. The third-order valence-corrected chi connectivity index (χ3v) is 6.07. The summed E-state index contributed by atoms with van der Waals surface area (Å²) in [5.41, 5.74) is 3.37. The lowest BCUT2D eigenvalue weighted by Gasteiger charge is -2.24. The first-order chi connectivity index (χ1) is 15.8. The number of aryl methyl sites for hydroxylation is 1. The van der Waals surface area contributed by atoms with Gasteiger partial charge in [-0.05, 0) is 28.7 Å². The Labute approximate surface area is 193 Å². The van der Waals surface area contributed by atoms with Crippen molar-refractivity contribution in [3.63, 3.8) is 0 Å². The summed E-state index contributed by atoms with van der Waals surface area (Å²) in [6.45, 7) is 6.28. The highest BCUT2D eigenvalue weighted by molar-refractivity contribution is 5.84. The summed E-state index contributed by atoms with van der Waals surface area (Å²) >= 11 is 0. The van der Waals surface area contributed by atoms with Crippen LogP contribution in [0.3, 0.4) is 0 Å². The molecule has 0 spiro atoms. The van der Waals surface area contributed by atoms with Crippen molar-refractivity contribution < 1.29 is 29.3 Å². The van der Waals surface area contributed by atoms with Gasteiger partial charge < -0.3 is 14.9 Å². The van der Waals surface area contributed by atoms with E-state index in [1.165, 1.54) is 5.56 Å². The Balaban J connectivity index is 1.84. The number of nitrogens with zero attached hydrogens (tertiary/aromatic N) is 1. The largest absolute Gasteiger partial charge is 0.481 e. The predicted octanol–water partition coefficient (Wildman–Crippen LogP) is 4.47. The van der Waals surface area contributed by atoms with Gasteiger partial charge in [0, 0.05) is 18.4 Å². The lowest BCUT2D eigenvalue weighted by molar-refractivity contribution is -0.144. The zero-order valence-electron chi connectivity index (χ0n) is 18.6. The molecular weight excluding hydrogens is 422 g/mol. The van der Waals surface area contributed by atoms with Gasteiger partial charge in [-0.25, -0.2) is 9.59 Å². The van der Waals surface area contributed by atoms with Crippen molar-refractivity contribution >= 4 is 23.6 Å². The molecule has 1 fully saturated rings. The smallest absolute Gasteiger partial charge is 0.410 e. The highest BCUT2D eigenvalue weighted by Gasteiger charge is 2.50. The Morgan fingerprint density at radius 2 is 1.70 bits per heavy atom. The molecule has 1 saturated heterocycles. The minimum atomic E-state index is -1.31. The zero-order chi connectivity index (χ0) is 24.0. The number of carbonyl (C=O) groups excluding carboxylic acids is 1. The molecule has 0 radical (unpaired) electrons. The molecule has 1 heterocycles. The van der Waals surface area contributed by atoms with Gasteiger partial charge >= 0.3 is 18.0 Å². The van der Waals surface area contributed by atoms with Crippen LogP contribution < -0.4 is 0 Å². The zero-order valence-corrected chi connectivity index (χ0v) is 18.6. The van der Waals surface area contributed by atoms with Crippen LogP contribution in [0.2, 0.25) is 0 Å². The van der Waals surface area contributed by atoms with E-state index in [-0.39, 0.29) is 13.2 Å². The van der Waals surface area contributed by atoms with E-state index in [4.69, 9.17) is 4.74 Å². The Hall–Kier alpha value is -3.61. The van der Waals surface area contributed by atoms with Gasteiger partial charge in [0.25, 0.3) is 0 Å². The van der Waals surface area contributed by atoms with Gasteiger partial charge in [0.2, 0.25) is 0 Å². The first kappa shape index (κ1) is 24.0. The third kappa shape index (κ3) is 5.80. The number of carboxylic acids is 2. The van der Waals surface area contributed by atoms with Crippen LogP contribution >= 0.6 is 0 Å². The molecule has 1 aliphatic heterocycles. The fourth-order valence-corrected chi connectivity index (χ4v) is 4.43. The molecule has 1 aliphatic rings. The Bertz CT molecular complexity index is 1000. The summed E-state index contributed by atoms with van der Waals surface area (Å²) < 4.78 is 5.37. The number of benzene rings is 2. The summed E-state index contributed by atoms with van der Waals surface area (Å²) in [7, 11) is 0. The van der Waals surface area contributed by atoms with Gasteiger partial charge in [0.05, 0.1) is 6.42 Å². The number of hydrogen-bond donors (Lipinski definition) is 2. The Morgan fingerprint density at radius 3 is 2.27 bits per heavy atom. The molecule has 0 aromatic heterocycles. The van der Waals surface area contributed by atoms with Gasteiger partial charge in [-0.2, -0.15) is 0 Å². The van der Waals surface area contributed by atoms with Gasteiger partial charge in [-0.3, -0.25) is 9.69 Å². The molecule has 1 amide bonds. The SMILES string of the molecule is C=C(c1ccc(CCC)cc1)[C@H]1CN(C(=O)OCc2ccccc2)[C@H](C(=O)O)[C@H]1CC(=O)O. The van der Waals surface area contributed by atoms with Crippen LogP contribution in [0.25, 0.3) is 5.57 Å². The monoisotopic (exact) mass is 451 g/mol. The second-order valence-electron chi connectivity index (χ2n) is 8.32. The van der Waals surface area contributed by atoms with E-state index in [1.54, 1.807) is 12.1 Å². The lowest BCUT2D eigenvalue weighted by Crippen LogP contribution is -2.44. The van der Waals surface area contributed by atoms with E-state index in [2.05, 4.69) is 13.5 Å². The fraction of sp³-hybridized carbons (Fsp3) is 0.346. The van der Waals surface area contributed by atoms with Crippen LogP contribution in [0.15, 0.2) is 61.2 Å². The van der Waals surface area contributed by atoms with Crippen LogP contribution in [0.1, 0.15) is 36.5 Å².